The zero-order chi connectivity index (χ0) is 29.4. The number of benzene rings is 4. The number of nitrogens with zero attached hydrogens (tertiary/aromatic N) is 2. The Bertz CT molecular complexity index is 1570. The van der Waals surface area contributed by atoms with Crippen molar-refractivity contribution in [3.05, 3.63) is 121 Å². The Balaban J connectivity index is 1.68. The van der Waals surface area contributed by atoms with Crippen molar-refractivity contribution >= 4 is 27.5 Å². The van der Waals surface area contributed by atoms with Crippen LogP contribution in [0.4, 0.5) is 10.1 Å². The van der Waals surface area contributed by atoms with E-state index in [0.717, 1.165) is 4.31 Å². The van der Waals surface area contributed by atoms with Gasteiger partial charge >= 0.3 is 0 Å². The fourth-order valence-electron chi connectivity index (χ4n) is 4.13. The van der Waals surface area contributed by atoms with Crippen LogP contribution >= 0.6 is 0 Å². The molecule has 0 aliphatic heterocycles. The number of carbonyl (C=O) groups is 2. The molecule has 0 heterocycles. The standard InChI is InChI=1S/C31H30FN3O5S/c1-23(31(37)33-2)34(21-24-13-15-25(32)16-14-24)30(36)22-35(41(38,39)29-11-7-4-8-12-29)26-17-19-28(20-18-26)40-27-9-5-3-6-10-27/h3-20,23H,21-22H2,1-2H3,(H,33,37)/t23-/m1/s1. The summed E-state index contributed by atoms with van der Waals surface area (Å²) in [6, 6.07) is 27.8. The van der Waals surface area contributed by atoms with E-state index in [1.165, 1.54) is 48.3 Å². The van der Waals surface area contributed by atoms with E-state index in [4.69, 9.17) is 4.74 Å². The molecule has 0 saturated heterocycles. The van der Waals surface area contributed by atoms with Crippen molar-refractivity contribution in [2.24, 2.45) is 0 Å². The number of hydrogen-bond donors (Lipinski definition) is 1. The van der Waals surface area contributed by atoms with Gasteiger partial charge < -0.3 is 15.0 Å². The monoisotopic (exact) mass is 575 g/mol. The van der Waals surface area contributed by atoms with Crippen LogP contribution in [0.25, 0.3) is 0 Å². The molecule has 0 radical (unpaired) electrons. The van der Waals surface area contributed by atoms with Crippen molar-refractivity contribution in [2.45, 2.75) is 24.4 Å². The van der Waals surface area contributed by atoms with Crippen molar-refractivity contribution in [3.63, 3.8) is 0 Å². The van der Waals surface area contributed by atoms with Crippen LogP contribution in [0.2, 0.25) is 0 Å². The summed E-state index contributed by atoms with van der Waals surface area (Å²) in [6.07, 6.45) is 0. The van der Waals surface area contributed by atoms with Crippen LogP contribution in [0, 0.1) is 5.82 Å². The third-order valence-corrected chi connectivity index (χ3v) is 8.18. The number of carbonyl (C=O) groups excluding carboxylic acids is 2. The average Bonchev–Trinajstić information content (AvgIpc) is 3.00. The van der Waals surface area contributed by atoms with Gasteiger partial charge in [0.2, 0.25) is 11.8 Å². The Hall–Kier alpha value is -4.70. The predicted octanol–water partition coefficient (Wildman–Crippen LogP) is 4.98. The lowest BCUT2D eigenvalue weighted by Crippen LogP contribution is -2.50. The van der Waals surface area contributed by atoms with Crippen molar-refractivity contribution < 1.29 is 27.1 Å². The van der Waals surface area contributed by atoms with Crippen molar-refractivity contribution in [3.8, 4) is 11.5 Å². The number of hydrogen-bond acceptors (Lipinski definition) is 5. The number of halogens is 1. The molecule has 41 heavy (non-hydrogen) atoms. The summed E-state index contributed by atoms with van der Waals surface area (Å²) >= 11 is 0. The topological polar surface area (TPSA) is 96.0 Å². The fraction of sp³-hybridized carbons (Fsp3) is 0.161. The van der Waals surface area contributed by atoms with Crippen LogP contribution in [0.1, 0.15) is 12.5 Å². The zero-order valence-corrected chi connectivity index (χ0v) is 23.4. The highest BCUT2D eigenvalue weighted by molar-refractivity contribution is 7.92. The minimum absolute atomic E-state index is 0.00171. The molecule has 1 atom stereocenters. The Labute approximate surface area is 239 Å². The van der Waals surface area contributed by atoms with E-state index in [9.17, 15) is 22.4 Å². The van der Waals surface area contributed by atoms with Gasteiger partial charge in [0.1, 0.15) is 29.9 Å². The minimum atomic E-state index is -4.19. The van der Waals surface area contributed by atoms with Gasteiger partial charge in [0, 0.05) is 13.6 Å². The Morgan fingerprint density at radius 1 is 0.829 bits per heavy atom. The Morgan fingerprint density at radius 2 is 1.39 bits per heavy atom. The van der Waals surface area contributed by atoms with E-state index in [0.29, 0.717) is 17.1 Å². The van der Waals surface area contributed by atoms with Crippen LogP contribution in [0.5, 0.6) is 11.5 Å². The van der Waals surface area contributed by atoms with E-state index in [-0.39, 0.29) is 17.1 Å². The van der Waals surface area contributed by atoms with Crippen molar-refractivity contribution in [1.82, 2.24) is 10.2 Å². The second-order valence-corrected chi connectivity index (χ2v) is 11.0. The van der Waals surface area contributed by atoms with E-state index >= 15 is 0 Å². The lowest BCUT2D eigenvalue weighted by Gasteiger charge is -2.31. The number of likely N-dealkylation sites (N-methyl/N-ethyl adjacent to an activating group) is 1. The van der Waals surface area contributed by atoms with E-state index < -0.39 is 40.2 Å². The van der Waals surface area contributed by atoms with Gasteiger partial charge in [-0.1, -0.05) is 48.5 Å². The Kier molecular flexibility index (Phi) is 9.36. The molecular weight excluding hydrogens is 545 g/mol. The lowest BCUT2D eigenvalue weighted by molar-refractivity contribution is -0.139. The highest BCUT2D eigenvalue weighted by Crippen LogP contribution is 2.28. The molecule has 0 aliphatic carbocycles. The molecule has 0 spiro atoms. The second kappa shape index (κ2) is 13.1. The van der Waals surface area contributed by atoms with Gasteiger partial charge in [-0.25, -0.2) is 12.8 Å². The molecule has 0 fully saturated rings. The smallest absolute Gasteiger partial charge is 0.264 e. The van der Waals surface area contributed by atoms with Gasteiger partial charge in [-0.2, -0.15) is 0 Å². The van der Waals surface area contributed by atoms with Crippen LogP contribution in [-0.2, 0) is 26.2 Å². The maximum Gasteiger partial charge on any atom is 0.264 e. The third-order valence-electron chi connectivity index (χ3n) is 6.39. The number of nitrogens with one attached hydrogen (secondary N) is 1. The second-order valence-electron chi connectivity index (χ2n) is 9.17. The van der Waals surface area contributed by atoms with Gasteiger partial charge in [0.25, 0.3) is 10.0 Å². The van der Waals surface area contributed by atoms with Gasteiger partial charge in [0.05, 0.1) is 10.6 Å². The minimum Gasteiger partial charge on any atom is -0.457 e. The first kappa shape index (κ1) is 29.3. The highest BCUT2D eigenvalue weighted by atomic mass is 32.2. The third kappa shape index (κ3) is 7.29. The first-order valence-corrected chi connectivity index (χ1v) is 14.3. The van der Waals surface area contributed by atoms with E-state index in [1.54, 1.807) is 61.5 Å². The zero-order valence-electron chi connectivity index (χ0n) is 22.6. The number of anilines is 1. The summed E-state index contributed by atoms with van der Waals surface area (Å²) in [5.74, 6) is -0.390. The molecule has 0 unspecified atom stereocenters. The molecule has 0 aliphatic rings. The van der Waals surface area contributed by atoms with E-state index in [1.807, 2.05) is 18.2 Å². The first-order chi connectivity index (χ1) is 19.7. The number of amides is 2. The largest absolute Gasteiger partial charge is 0.457 e. The summed E-state index contributed by atoms with van der Waals surface area (Å²) in [5, 5.41) is 2.52. The summed E-state index contributed by atoms with van der Waals surface area (Å²) in [7, 11) is -2.74. The Morgan fingerprint density at radius 3 is 1.98 bits per heavy atom. The molecule has 4 aromatic carbocycles. The van der Waals surface area contributed by atoms with Crippen molar-refractivity contribution in [1.29, 1.82) is 0 Å². The highest BCUT2D eigenvalue weighted by Gasteiger charge is 2.32. The lowest BCUT2D eigenvalue weighted by atomic mass is 10.1. The van der Waals surface area contributed by atoms with Crippen LogP contribution in [0.3, 0.4) is 0 Å². The van der Waals surface area contributed by atoms with Gasteiger partial charge in [-0.05, 0) is 73.2 Å². The number of rotatable bonds is 11. The first-order valence-electron chi connectivity index (χ1n) is 12.9. The van der Waals surface area contributed by atoms with E-state index in [2.05, 4.69) is 5.32 Å². The SMILES string of the molecule is CNC(=O)[C@@H](C)N(Cc1ccc(F)cc1)C(=O)CN(c1ccc(Oc2ccccc2)cc1)S(=O)(=O)c1ccccc1. The summed E-state index contributed by atoms with van der Waals surface area (Å²) in [4.78, 5) is 27.6. The van der Waals surface area contributed by atoms with Crippen LogP contribution < -0.4 is 14.4 Å². The van der Waals surface area contributed by atoms with Gasteiger partial charge in [0.15, 0.2) is 0 Å². The fourth-order valence-corrected chi connectivity index (χ4v) is 5.57. The average molecular weight is 576 g/mol. The molecule has 4 aromatic rings. The molecule has 0 bridgehead atoms. The molecule has 212 valence electrons. The molecular formula is C31H30FN3O5S. The summed E-state index contributed by atoms with van der Waals surface area (Å²) in [6.45, 7) is 0.932. The molecule has 4 rings (SSSR count). The maximum absolute atomic E-state index is 13.8. The van der Waals surface area contributed by atoms with Gasteiger partial charge in [-0.3, -0.25) is 13.9 Å². The maximum atomic E-state index is 13.8. The molecule has 10 heteroatoms. The molecule has 2 amide bonds. The van der Waals surface area contributed by atoms with Gasteiger partial charge in [-0.15, -0.1) is 0 Å². The number of ether oxygens (including phenoxy) is 1. The number of sulfonamides is 1. The van der Waals surface area contributed by atoms with Crippen LogP contribution in [0.15, 0.2) is 114 Å². The quantitative estimate of drug-likeness (QED) is 0.272. The summed E-state index contributed by atoms with van der Waals surface area (Å²) in [5.41, 5.74) is 0.812. The van der Waals surface area contributed by atoms with Crippen LogP contribution in [-0.4, -0.2) is 44.8 Å². The molecule has 0 saturated carbocycles. The molecule has 0 aromatic heterocycles. The normalized spacial score (nSPS) is 11.8. The van der Waals surface area contributed by atoms with Crippen molar-refractivity contribution in [2.75, 3.05) is 17.9 Å². The molecule has 8 nitrogen and oxygen atoms in total. The molecule has 1 N–H and O–H groups in total. The summed E-state index contributed by atoms with van der Waals surface area (Å²) < 4.78 is 48.0. The predicted molar refractivity (Wildman–Crippen MR) is 154 cm³/mol. The number of para-hydroxylation sites is 1.